The average Bonchev–Trinajstić information content (AvgIpc) is 2.64. The van der Waals surface area contributed by atoms with Gasteiger partial charge in [0, 0.05) is 39.3 Å². The summed E-state index contributed by atoms with van der Waals surface area (Å²) in [5.41, 5.74) is 0.420. The Labute approximate surface area is 153 Å². The smallest absolute Gasteiger partial charge is 0.224 e. The third-order valence-electron chi connectivity index (χ3n) is 4.52. The molecule has 1 aliphatic heterocycles. The predicted molar refractivity (Wildman–Crippen MR) is 99.8 cm³/mol. The number of amides is 1. The minimum Gasteiger partial charge on any atom is -0.363 e. The van der Waals surface area contributed by atoms with E-state index in [1.54, 1.807) is 24.5 Å². The third kappa shape index (κ3) is 4.47. The molecule has 0 aliphatic carbocycles. The van der Waals surface area contributed by atoms with E-state index in [4.69, 9.17) is 0 Å². The van der Waals surface area contributed by atoms with Crippen LogP contribution in [0.2, 0.25) is 0 Å². The van der Waals surface area contributed by atoms with Gasteiger partial charge >= 0.3 is 0 Å². The molecule has 138 valence electrons. The summed E-state index contributed by atoms with van der Waals surface area (Å²) in [7, 11) is 3.88. The van der Waals surface area contributed by atoms with Crippen LogP contribution < -0.4 is 15.1 Å². The summed E-state index contributed by atoms with van der Waals surface area (Å²) in [5.74, 6) is 1.21. The molecule has 2 heterocycles. The van der Waals surface area contributed by atoms with Crippen LogP contribution in [0.1, 0.15) is 18.4 Å². The number of anilines is 2. The molecule has 0 bridgehead atoms. The van der Waals surface area contributed by atoms with Gasteiger partial charge in [-0.3, -0.25) is 4.79 Å². The van der Waals surface area contributed by atoms with E-state index < -0.39 is 0 Å². The van der Waals surface area contributed by atoms with Gasteiger partial charge in [-0.15, -0.1) is 0 Å². The average molecular weight is 357 g/mol. The van der Waals surface area contributed by atoms with Gasteiger partial charge < -0.3 is 15.1 Å². The van der Waals surface area contributed by atoms with Gasteiger partial charge in [-0.05, 0) is 24.5 Å². The molecule has 6 nitrogen and oxygen atoms in total. The topological polar surface area (TPSA) is 61.4 Å². The fourth-order valence-electron chi connectivity index (χ4n) is 3.15. The van der Waals surface area contributed by atoms with Crippen LogP contribution >= 0.6 is 0 Å². The second-order valence-electron chi connectivity index (χ2n) is 6.75. The number of aromatic nitrogens is 2. The van der Waals surface area contributed by atoms with Crippen molar-refractivity contribution in [1.29, 1.82) is 0 Å². The van der Waals surface area contributed by atoms with Crippen molar-refractivity contribution in [3.8, 4) is 0 Å². The molecule has 2 aromatic rings. The first-order valence-corrected chi connectivity index (χ1v) is 8.80. The fourth-order valence-corrected chi connectivity index (χ4v) is 3.15. The highest BCUT2D eigenvalue weighted by molar-refractivity contribution is 5.79. The van der Waals surface area contributed by atoms with Gasteiger partial charge in [0.2, 0.25) is 5.91 Å². The summed E-state index contributed by atoms with van der Waals surface area (Å²) in [6, 6.07) is 8.36. The molecule has 7 heteroatoms. The van der Waals surface area contributed by atoms with E-state index in [0.29, 0.717) is 12.1 Å². The lowest BCUT2D eigenvalue weighted by Gasteiger charge is -2.34. The molecule has 0 saturated carbocycles. The monoisotopic (exact) mass is 357 g/mol. The summed E-state index contributed by atoms with van der Waals surface area (Å²) in [6.07, 6.45) is 3.49. The van der Waals surface area contributed by atoms with E-state index in [1.165, 1.54) is 6.07 Å². The van der Waals surface area contributed by atoms with Crippen molar-refractivity contribution in [2.75, 3.05) is 37.0 Å². The van der Waals surface area contributed by atoms with Gasteiger partial charge in [-0.25, -0.2) is 14.4 Å². The normalized spacial score (nSPS) is 17.0. The molecule has 1 atom stereocenters. The third-order valence-corrected chi connectivity index (χ3v) is 4.52. The lowest BCUT2D eigenvalue weighted by atomic mass is 10.0. The first-order valence-electron chi connectivity index (χ1n) is 8.80. The summed E-state index contributed by atoms with van der Waals surface area (Å²) >= 11 is 0. The van der Waals surface area contributed by atoms with E-state index in [1.807, 2.05) is 25.1 Å². The van der Waals surface area contributed by atoms with Crippen molar-refractivity contribution >= 4 is 17.5 Å². The number of hydrogen-bond donors (Lipinski definition) is 1. The Morgan fingerprint density at radius 2 is 2.15 bits per heavy atom. The molecule has 1 aliphatic rings. The summed E-state index contributed by atoms with van der Waals surface area (Å²) < 4.78 is 13.7. The molecule has 3 rings (SSSR count). The first-order chi connectivity index (χ1) is 12.5. The number of carbonyl (C=O) groups is 1. The highest BCUT2D eigenvalue weighted by atomic mass is 19.1. The Morgan fingerprint density at radius 1 is 1.35 bits per heavy atom. The van der Waals surface area contributed by atoms with Gasteiger partial charge in [-0.1, -0.05) is 18.2 Å². The van der Waals surface area contributed by atoms with E-state index in [-0.39, 0.29) is 24.2 Å². The second-order valence-corrected chi connectivity index (χ2v) is 6.75. The highest BCUT2D eigenvalue weighted by Gasteiger charge is 2.23. The van der Waals surface area contributed by atoms with E-state index in [0.717, 1.165) is 31.0 Å². The zero-order valence-electron chi connectivity index (χ0n) is 15.2. The van der Waals surface area contributed by atoms with Crippen molar-refractivity contribution in [1.82, 2.24) is 15.3 Å². The molecule has 1 saturated heterocycles. The Bertz CT molecular complexity index is 767. The van der Waals surface area contributed by atoms with Crippen LogP contribution in [0.25, 0.3) is 0 Å². The predicted octanol–water partition coefficient (Wildman–Crippen LogP) is 2.01. The Kier molecular flexibility index (Phi) is 5.65. The van der Waals surface area contributed by atoms with Gasteiger partial charge in [-0.2, -0.15) is 0 Å². The maximum absolute atomic E-state index is 13.7. The summed E-state index contributed by atoms with van der Waals surface area (Å²) in [5, 5.41) is 3.03. The van der Waals surface area contributed by atoms with Gasteiger partial charge in [0.1, 0.15) is 23.8 Å². The Hall–Kier alpha value is -2.70. The van der Waals surface area contributed by atoms with Crippen molar-refractivity contribution in [2.24, 2.45) is 0 Å². The molecule has 1 N–H and O–H groups in total. The number of piperidine rings is 1. The largest absolute Gasteiger partial charge is 0.363 e. The quantitative estimate of drug-likeness (QED) is 0.887. The van der Waals surface area contributed by atoms with Crippen LogP contribution in [0.3, 0.4) is 0 Å². The molecule has 1 aromatic heterocycles. The lowest BCUT2D eigenvalue weighted by Crippen LogP contribution is -2.48. The zero-order valence-corrected chi connectivity index (χ0v) is 15.2. The van der Waals surface area contributed by atoms with Crippen LogP contribution in [0.15, 0.2) is 36.7 Å². The van der Waals surface area contributed by atoms with Crippen molar-refractivity contribution in [3.05, 3.63) is 48.0 Å². The highest BCUT2D eigenvalue weighted by Crippen LogP contribution is 2.20. The Morgan fingerprint density at radius 3 is 2.92 bits per heavy atom. The van der Waals surface area contributed by atoms with Crippen LogP contribution in [0.5, 0.6) is 0 Å². The van der Waals surface area contributed by atoms with Gasteiger partial charge in [0.15, 0.2) is 0 Å². The minimum atomic E-state index is -0.342. The first kappa shape index (κ1) is 18.1. The maximum atomic E-state index is 13.7. The van der Waals surface area contributed by atoms with Crippen LogP contribution in [-0.4, -0.2) is 49.1 Å². The molecule has 26 heavy (non-hydrogen) atoms. The van der Waals surface area contributed by atoms with E-state index >= 15 is 0 Å². The van der Waals surface area contributed by atoms with E-state index in [9.17, 15) is 9.18 Å². The number of rotatable bonds is 5. The molecule has 1 amide bonds. The number of halogens is 1. The SMILES string of the molecule is CN(C)c1cc(N2CCC[C@@H](NC(=O)Cc3ccccc3F)C2)ncn1. The lowest BCUT2D eigenvalue weighted by molar-refractivity contribution is -0.121. The van der Waals surface area contributed by atoms with Gasteiger partial charge in [0.25, 0.3) is 0 Å². The van der Waals surface area contributed by atoms with Crippen LogP contribution in [-0.2, 0) is 11.2 Å². The van der Waals surface area contributed by atoms with Gasteiger partial charge in [0.05, 0.1) is 6.42 Å². The number of nitrogens with zero attached hydrogens (tertiary/aromatic N) is 4. The zero-order chi connectivity index (χ0) is 18.5. The van der Waals surface area contributed by atoms with E-state index in [2.05, 4.69) is 20.2 Å². The summed E-state index contributed by atoms with van der Waals surface area (Å²) in [4.78, 5) is 25.0. The fraction of sp³-hybridized carbons (Fsp3) is 0.421. The van der Waals surface area contributed by atoms with Crippen molar-refractivity contribution in [3.63, 3.8) is 0 Å². The van der Waals surface area contributed by atoms with Crippen molar-refractivity contribution < 1.29 is 9.18 Å². The molecular formula is C19H24FN5O. The maximum Gasteiger partial charge on any atom is 0.224 e. The minimum absolute atomic E-state index is 0.0285. The molecule has 1 aromatic carbocycles. The number of nitrogens with one attached hydrogen (secondary N) is 1. The molecular weight excluding hydrogens is 333 g/mol. The summed E-state index contributed by atoms with van der Waals surface area (Å²) in [6.45, 7) is 1.58. The van der Waals surface area contributed by atoms with Crippen LogP contribution in [0.4, 0.5) is 16.0 Å². The molecule has 1 fully saturated rings. The number of carbonyl (C=O) groups excluding carboxylic acids is 1. The van der Waals surface area contributed by atoms with Crippen molar-refractivity contribution in [2.45, 2.75) is 25.3 Å². The second kappa shape index (κ2) is 8.12. The number of hydrogen-bond acceptors (Lipinski definition) is 5. The van der Waals surface area contributed by atoms with Crippen LogP contribution in [0, 0.1) is 5.82 Å². The molecule has 0 spiro atoms. The number of benzene rings is 1. The standard InChI is InChI=1S/C19H24FN5O/c1-24(2)17-11-18(22-13-21-17)25-9-5-7-15(12-25)23-19(26)10-14-6-3-4-8-16(14)20/h3-4,6,8,11,13,15H,5,7,9-10,12H2,1-2H3,(H,23,26)/t15-/m1/s1. The molecule has 0 radical (unpaired) electrons. The Balaban J connectivity index is 1.61. The molecule has 0 unspecified atom stereocenters.